The Hall–Kier alpha value is -2.48. The molecule has 2 aliphatic rings. The number of ether oxygens (including phenoxy) is 1. The van der Waals surface area contributed by atoms with Crippen molar-refractivity contribution in [2.24, 2.45) is 11.8 Å². The van der Waals surface area contributed by atoms with Crippen molar-refractivity contribution in [2.45, 2.75) is 31.7 Å². The van der Waals surface area contributed by atoms with E-state index < -0.39 is 17.8 Å². The second-order valence-corrected chi connectivity index (χ2v) is 7.68. The summed E-state index contributed by atoms with van der Waals surface area (Å²) in [4.78, 5) is 39.5. The van der Waals surface area contributed by atoms with Crippen LogP contribution in [0.3, 0.4) is 0 Å². The van der Waals surface area contributed by atoms with Crippen molar-refractivity contribution in [1.29, 1.82) is 0 Å². The Morgan fingerprint density at radius 2 is 1.79 bits per heavy atom. The first kappa shape index (κ1) is 21.2. The van der Waals surface area contributed by atoms with Gasteiger partial charge in [0.15, 0.2) is 0 Å². The number of benzene rings is 1. The smallest absolute Gasteiger partial charge is 0.251 e. The molecule has 8 heteroatoms. The molecule has 158 valence electrons. The van der Waals surface area contributed by atoms with Gasteiger partial charge >= 0.3 is 0 Å². The van der Waals surface area contributed by atoms with Crippen LogP contribution >= 0.6 is 0 Å². The molecule has 1 aromatic carbocycles. The van der Waals surface area contributed by atoms with E-state index >= 15 is 0 Å². The third kappa shape index (κ3) is 5.76. The summed E-state index contributed by atoms with van der Waals surface area (Å²) < 4.78 is 18.1. The minimum Gasteiger partial charge on any atom is -0.383 e. The molecule has 3 rings (SSSR count). The summed E-state index contributed by atoms with van der Waals surface area (Å²) in [6, 6.07) is 4.49. The van der Waals surface area contributed by atoms with Crippen LogP contribution in [0.15, 0.2) is 24.3 Å². The summed E-state index contributed by atoms with van der Waals surface area (Å²) in [6.45, 7) is 1.90. The summed E-state index contributed by atoms with van der Waals surface area (Å²) in [6.07, 6.45) is 3.23. The van der Waals surface area contributed by atoms with Crippen LogP contribution in [-0.2, 0) is 14.3 Å². The third-order valence-corrected chi connectivity index (χ3v) is 5.53. The topological polar surface area (TPSA) is 87.7 Å². The lowest BCUT2D eigenvalue weighted by Crippen LogP contribution is -2.54. The molecule has 0 spiro atoms. The summed E-state index contributed by atoms with van der Waals surface area (Å²) >= 11 is 0. The van der Waals surface area contributed by atoms with E-state index in [2.05, 4.69) is 10.6 Å². The zero-order valence-corrected chi connectivity index (χ0v) is 16.7. The first-order valence-corrected chi connectivity index (χ1v) is 10.1. The van der Waals surface area contributed by atoms with E-state index in [1.54, 1.807) is 7.11 Å². The minimum absolute atomic E-state index is 0.0785. The van der Waals surface area contributed by atoms with Crippen LogP contribution in [0.5, 0.6) is 0 Å². The highest BCUT2D eigenvalue weighted by Gasteiger charge is 2.38. The fraction of sp³-hybridized carbons (Fsp3) is 0.571. The van der Waals surface area contributed by atoms with Gasteiger partial charge in [0.05, 0.1) is 6.61 Å². The Morgan fingerprint density at radius 1 is 1.14 bits per heavy atom. The number of methoxy groups -OCH3 is 1. The van der Waals surface area contributed by atoms with Gasteiger partial charge in [-0.05, 0) is 55.9 Å². The maximum Gasteiger partial charge on any atom is 0.251 e. The molecule has 29 heavy (non-hydrogen) atoms. The molecule has 1 heterocycles. The predicted molar refractivity (Wildman–Crippen MR) is 105 cm³/mol. The van der Waals surface area contributed by atoms with Gasteiger partial charge in [-0.15, -0.1) is 0 Å². The standard InChI is InChI=1S/C21H28FN3O4/c1-29-13-10-23-20(27)18(24-19(26)15-4-6-17(22)7-5-15)14-8-11-25(12-9-14)21(28)16-2-3-16/h4-7,14,16,18H,2-3,8-13H2,1H3,(H,23,27)(H,24,26)/t18-/m1/s1. The zero-order valence-electron chi connectivity index (χ0n) is 16.7. The Kier molecular flexibility index (Phi) is 7.19. The predicted octanol–water partition coefficient (Wildman–Crippen LogP) is 1.34. The normalized spacial score (nSPS) is 18.2. The molecule has 0 aromatic heterocycles. The fourth-order valence-electron chi connectivity index (χ4n) is 3.65. The van der Waals surface area contributed by atoms with E-state index in [-0.39, 0.29) is 23.7 Å². The van der Waals surface area contributed by atoms with Crippen molar-refractivity contribution in [3.8, 4) is 0 Å². The highest BCUT2D eigenvalue weighted by molar-refractivity contribution is 5.97. The quantitative estimate of drug-likeness (QED) is 0.639. The second kappa shape index (κ2) is 9.82. The molecular formula is C21H28FN3O4. The Bertz CT molecular complexity index is 728. The number of amides is 3. The Morgan fingerprint density at radius 3 is 2.38 bits per heavy atom. The van der Waals surface area contributed by atoms with Crippen LogP contribution < -0.4 is 10.6 Å². The first-order chi connectivity index (χ1) is 14.0. The zero-order chi connectivity index (χ0) is 20.8. The van der Waals surface area contributed by atoms with Gasteiger partial charge in [0.25, 0.3) is 5.91 Å². The van der Waals surface area contributed by atoms with Gasteiger partial charge in [0, 0.05) is 38.2 Å². The van der Waals surface area contributed by atoms with E-state index in [9.17, 15) is 18.8 Å². The van der Waals surface area contributed by atoms with E-state index in [1.165, 1.54) is 24.3 Å². The van der Waals surface area contributed by atoms with Crippen molar-refractivity contribution in [3.05, 3.63) is 35.6 Å². The van der Waals surface area contributed by atoms with Crippen molar-refractivity contribution in [1.82, 2.24) is 15.5 Å². The number of carbonyl (C=O) groups is 3. The molecule has 2 N–H and O–H groups in total. The average molecular weight is 405 g/mol. The van der Waals surface area contributed by atoms with Crippen LogP contribution in [0.1, 0.15) is 36.0 Å². The van der Waals surface area contributed by atoms with Gasteiger partial charge in [0.1, 0.15) is 11.9 Å². The number of halogens is 1. The molecule has 1 aromatic rings. The SMILES string of the molecule is COCCNC(=O)[C@H](NC(=O)c1ccc(F)cc1)C1CCN(C(=O)C2CC2)CC1. The van der Waals surface area contributed by atoms with E-state index in [4.69, 9.17) is 4.74 Å². The number of rotatable bonds is 8. The van der Waals surface area contributed by atoms with Crippen molar-refractivity contribution >= 4 is 17.7 Å². The van der Waals surface area contributed by atoms with Gasteiger partial charge in [-0.25, -0.2) is 4.39 Å². The second-order valence-electron chi connectivity index (χ2n) is 7.68. The highest BCUT2D eigenvalue weighted by atomic mass is 19.1. The lowest BCUT2D eigenvalue weighted by Gasteiger charge is -2.36. The Balaban J connectivity index is 1.64. The highest BCUT2D eigenvalue weighted by Crippen LogP contribution is 2.33. The lowest BCUT2D eigenvalue weighted by atomic mass is 9.88. The van der Waals surface area contributed by atoms with Crippen LogP contribution in [-0.4, -0.2) is 62.0 Å². The monoisotopic (exact) mass is 405 g/mol. The van der Waals surface area contributed by atoms with Gasteiger partial charge in [-0.2, -0.15) is 0 Å². The molecule has 3 amide bonds. The molecule has 0 bridgehead atoms. The van der Waals surface area contributed by atoms with Crippen molar-refractivity contribution in [3.63, 3.8) is 0 Å². The largest absolute Gasteiger partial charge is 0.383 e. The van der Waals surface area contributed by atoms with Gasteiger partial charge in [-0.3, -0.25) is 14.4 Å². The molecule has 0 radical (unpaired) electrons. The molecule has 0 unspecified atom stereocenters. The molecule has 1 saturated carbocycles. The molecule has 1 aliphatic carbocycles. The summed E-state index contributed by atoms with van der Waals surface area (Å²) in [5.41, 5.74) is 0.294. The average Bonchev–Trinajstić information content (AvgIpc) is 3.57. The van der Waals surface area contributed by atoms with Crippen LogP contribution in [0.4, 0.5) is 4.39 Å². The van der Waals surface area contributed by atoms with Crippen molar-refractivity contribution in [2.75, 3.05) is 33.4 Å². The number of nitrogens with one attached hydrogen (secondary N) is 2. The van der Waals surface area contributed by atoms with Gasteiger partial charge < -0.3 is 20.3 Å². The summed E-state index contributed by atoms with van der Waals surface area (Å²) in [7, 11) is 1.55. The van der Waals surface area contributed by atoms with E-state index in [0.717, 1.165) is 12.8 Å². The van der Waals surface area contributed by atoms with Gasteiger partial charge in [-0.1, -0.05) is 0 Å². The Labute approximate surface area is 170 Å². The molecule has 1 aliphatic heterocycles. The first-order valence-electron chi connectivity index (χ1n) is 10.1. The number of hydrogen-bond donors (Lipinski definition) is 2. The number of piperidine rings is 1. The molecular weight excluding hydrogens is 377 g/mol. The molecule has 2 fully saturated rings. The summed E-state index contributed by atoms with van der Waals surface area (Å²) in [5.74, 6) is -0.816. The maximum atomic E-state index is 13.1. The number of nitrogens with zero attached hydrogens (tertiary/aromatic N) is 1. The van der Waals surface area contributed by atoms with Crippen LogP contribution in [0, 0.1) is 17.7 Å². The number of carbonyl (C=O) groups excluding carboxylic acids is 3. The minimum atomic E-state index is -0.720. The molecule has 1 atom stereocenters. The lowest BCUT2D eigenvalue weighted by molar-refractivity contribution is -0.134. The van der Waals surface area contributed by atoms with Gasteiger partial charge in [0.2, 0.25) is 11.8 Å². The molecule has 1 saturated heterocycles. The van der Waals surface area contributed by atoms with Crippen LogP contribution in [0.25, 0.3) is 0 Å². The third-order valence-electron chi connectivity index (χ3n) is 5.53. The fourth-order valence-corrected chi connectivity index (χ4v) is 3.65. The van der Waals surface area contributed by atoms with Crippen LogP contribution in [0.2, 0.25) is 0 Å². The summed E-state index contributed by atoms with van der Waals surface area (Å²) in [5, 5.41) is 5.60. The van der Waals surface area contributed by atoms with E-state index in [0.29, 0.717) is 44.6 Å². The number of hydrogen-bond acceptors (Lipinski definition) is 4. The number of likely N-dealkylation sites (tertiary alicyclic amines) is 1. The molecule has 7 nitrogen and oxygen atoms in total. The van der Waals surface area contributed by atoms with Crippen molar-refractivity contribution < 1.29 is 23.5 Å². The maximum absolute atomic E-state index is 13.1. The van der Waals surface area contributed by atoms with E-state index in [1.807, 2.05) is 4.90 Å².